The third-order valence-corrected chi connectivity index (χ3v) is 3.41. The molecule has 0 aromatic carbocycles. The molecule has 0 aromatic heterocycles. The van der Waals surface area contributed by atoms with Crippen molar-refractivity contribution in [3.05, 3.63) is 0 Å². The molecule has 0 radical (unpaired) electrons. The fourth-order valence-corrected chi connectivity index (χ4v) is 2.30. The molecule has 2 rings (SSSR count). The Morgan fingerprint density at radius 2 is 1.90 bits per heavy atom. The maximum Gasteiger partial charge on any atom is 0.253 e. The molecule has 4 atom stereocenters. The predicted octanol–water partition coefficient (Wildman–Crippen LogP) is 2.54. The second kappa shape index (κ2) is 1.54. The number of fused-ring (bicyclic) bond motifs is 1. The van der Waals surface area contributed by atoms with Gasteiger partial charge in [-0.3, -0.25) is 0 Å². The standard InChI is InChI=1S/C8H12F2/c1-4-5(2)8(9,10)7-3-6(4)7/h4-7H,3H2,1-2H3. The monoisotopic (exact) mass is 146 g/mol. The SMILES string of the molecule is CC1C2CC2C(F)(F)C1C. The molecule has 10 heavy (non-hydrogen) atoms. The van der Waals surface area contributed by atoms with Crippen molar-refractivity contribution in [3.8, 4) is 0 Å². The van der Waals surface area contributed by atoms with Crippen molar-refractivity contribution in [1.29, 1.82) is 0 Å². The number of rotatable bonds is 0. The Morgan fingerprint density at radius 1 is 1.30 bits per heavy atom. The van der Waals surface area contributed by atoms with E-state index in [0.29, 0.717) is 5.92 Å². The van der Waals surface area contributed by atoms with Crippen molar-refractivity contribution < 1.29 is 8.78 Å². The fraction of sp³-hybridized carbons (Fsp3) is 1.00. The largest absolute Gasteiger partial charge is 0.253 e. The highest BCUT2D eigenvalue weighted by atomic mass is 19.3. The van der Waals surface area contributed by atoms with Crippen molar-refractivity contribution >= 4 is 0 Å². The smallest absolute Gasteiger partial charge is 0.206 e. The van der Waals surface area contributed by atoms with Crippen LogP contribution in [-0.4, -0.2) is 5.92 Å². The minimum Gasteiger partial charge on any atom is -0.206 e. The highest BCUT2D eigenvalue weighted by Crippen LogP contribution is 2.65. The van der Waals surface area contributed by atoms with Crippen LogP contribution in [0.3, 0.4) is 0 Å². The summed E-state index contributed by atoms with van der Waals surface area (Å²) in [7, 11) is 0. The van der Waals surface area contributed by atoms with E-state index in [4.69, 9.17) is 0 Å². The molecule has 2 aliphatic rings. The van der Waals surface area contributed by atoms with E-state index in [1.54, 1.807) is 6.92 Å². The zero-order valence-electron chi connectivity index (χ0n) is 6.27. The Labute approximate surface area is 59.6 Å². The van der Waals surface area contributed by atoms with Crippen LogP contribution in [0.5, 0.6) is 0 Å². The first-order valence-electron chi connectivity index (χ1n) is 3.93. The lowest BCUT2D eigenvalue weighted by atomic mass is 9.93. The first kappa shape index (κ1) is 6.56. The number of hydrogen-bond acceptors (Lipinski definition) is 0. The van der Waals surface area contributed by atoms with Gasteiger partial charge in [0.2, 0.25) is 0 Å². The molecule has 0 saturated heterocycles. The third kappa shape index (κ3) is 0.553. The quantitative estimate of drug-likeness (QED) is 0.492. The number of halogens is 2. The van der Waals surface area contributed by atoms with Gasteiger partial charge in [-0.1, -0.05) is 13.8 Å². The molecule has 0 spiro atoms. The van der Waals surface area contributed by atoms with E-state index < -0.39 is 5.92 Å². The van der Waals surface area contributed by atoms with E-state index in [2.05, 4.69) is 0 Å². The summed E-state index contributed by atoms with van der Waals surface area (Å²) in [6.07, 6.45) is 0.776. The van der Waals surface area contributed by atoms with Gasteiger partial charge in [0, 0.05) is 11.8 Å². The van der Waals surface area contributed by atoms with E-state index >= 15 is 0 Å². The van der Waals surface area contributed by atoms with Gasteiger partial charge >= 0.3 is 0 Å². The van der Waals surface area contributed by atoms with Gasteiger partial charge < -0.3 is 0 Å². The number of alkyl halides is 2. The summed E-state index contributed by atoms with van der Waals surface area (Å²) >= 11 is 0. The summed E-state index contributed by atoms with van der Waals surface area (Å²) in [6.45, 7) is 3.63. The van der Waals surface area contributed by atoms with Crippen molar-refractivity contribution in [3.63, 3.8) is 0 Å². The molecule has 2 heteroatoms. The van der Waals surface area contributed by atoms with Crippen LogP contribution in [0.2, 0.25) is 0 Å². The molecule has 2 saturated carbocycles. The maximum absolute atomic E-state index is 13.0. The van der Waals surface area contributed by atoms with Crippen LogP contribution >= 0.6 is 0 Å². The summed E-state index contributed by atoms with van der Waals surface area (Å²) in [4.78, 5) is 0. The first-order valence-corrected chi connectivity index (χ1v) is 3.93. The average molecular weight is 146 g/mol. The van der Waals surface area contributed by atoms with Gasteiger partial charge in [-0.05, 0) is 18.3 Å². The molecule has 0 aliphatic heterocycles. The summed E-state index contributed by atoms with van der Waals surface area (Å²) in [5.41, 5.74) is 0. The first-order chi connectivity index (χ1) is 4.55. The van der Waals surface area contributed by atoms with Crippen LogP contribution < -0.4 is 0 Å². The van der Waals surface area contributed by atoms with Gasteiger partial charge in [0.15, 0.2) is 0 Å². The van der Waals surface area contributed by atoms with Gasteiger partial charge in [-0.2, -0.15) is 0 Å². The Balaban J connectivity index is 2.24. The lowest BCUT2D eigenvalue weighted by Crippen LogP contribution is -2.26. The molecule has 0 amide bonds. The molecular formula is C8H12F2. The highest BCUT2D eigenvalue weighted by molar-refractivity contribution is 5.09. The zero-order valence-corrected chi connectivity index (χ0v) is 6.27. The highest BCUT2D eigenvalue weighted by Gasteiger charge is 2.67. The molecule has 0 nitrogen and oxygen atoms in total. The summed E-state index contributed by atoms with van der Waals surface area (Å²) < 4.78 is 26.0. The summed E-state index contributed by atoms with van der Waals surface area (Å²) in [5.74, 6) is -2.37. The van der Waals surface area contributed by atoms with E-state index in [9.17, 15) is 8.78 Å². The van der Waals surface area contributed by atoms with Crippen LogP contribution in [0.15, 0.2) is 0 Å². The summed E-state index contributed by atoms with van der Waals surface area (Å²) in [5, 5.41) is 0. The Bertz CT molecular complexity index is 163. The molecule has 0 heterocycles. The van der Waals surface area contributed by atoms with E-state index in [0.717, 1.165) is 6.42 Å². The second-order valence-corrected chi connectivity index (χ2v) is 3.83. The number of hydrogen-bond donors (Lipinski definition) is 0. The molecule has 0 N–H and O–H groups in total. The predicted molar refractivity (Wildman–Crippen MR) is 34.9 cm³/mol. The van der Waals surface area contributed by atoms with Crippen LogP contribution in [0, 0.1) is 23.7 Å². The van der Waals surface area contributed by atoms with Gasteiger partial charge in [-0.15, -0.1) is 0 Å². The van der Waals surface area contributed by atoms with Gasteiger partial charge in [0.25, 0.3) is 5.92 Å². The van der Waals surface area contributed by atoms with E-state index in [-0.39, 0.29) is 17.8 Å². The topological polar surface area (TPSA) is 0 Å². The second-order valence-electron chi connectivity index (χ2n) is 3.83. The molecule has 4 unspecified atom stereocenters. The minimum atomic E-state index is -2.34. The molecule has 0 bridgehead atoms. The van der Waals surface area contributed by atoms with Crippen molar-refractivity contribution in [1.82, 2.24) is 0 Å². The Morgan fingerprint density at radius 3 is 2.10 bits per heavy atom. The Kier molecular flexibility index (Phi) is 1.01. The van der Waals surface area contributed by atoms with Gasteiger partial charge in [-0.25, -0.2) is 8.78 Å². The third-order valence-electron chi connectivity index (χ3n) is 3.41. The van der Waals surface area contributed by atoms with Gasteiger partial charge in [0.05, 0.1) is 0 Å². The van der Waals surface area contributed by atoms with E-state index in [1.165, 1.54) is 0 Å². The molecule has 2 aliphatic carbocycles. The zero-order chi connectivity index (χ0) is 7.52. The lowest BCUT2D eigenvalue weighted by Gasteiger charge is -2.21. The maximum atomic E-state index is 13.0. The fourth-order valence-electron chi connectivity index (χ4n) is 2.30. The molecule has 2 fully saturated rings. The summed E-state index contributed by atoms with van der Waals surface area (Å²) in [6, 6.07) is 0. The van der Waals surface area contributed by atoms with Crippen molar-refractivity contribution in [2.45, 2.75) is 26.2 Å². The molecule has 0 aromatic rings. The lowest BCUT2D eigenvalue weighted by molar-refractivity contribution is -0.0621. The minimum absolute atomic E-state index is 0.250. The van der Waals surface area contributed by atoms with Crippen molar-refractivity contribution in [2.75, 3.05) is 0 Å². The Hall–Kier alpha value is -0.140. The molecule has 58 valence electrons. The van der Waals surface area contributed by atoms with Crippen LogP contribution in [0.1, 0.15) is 20.3 Å². The van der Waals surface area contributed by atoms with Crippen LogP contribution in [0.25, 0.3) is 0 Å². The van der Waals surface area contributed by atoms with Gasteiger partial charge in [0.1, 0.15) is 0 Å². The normalized spacial score (nSPS) is 56.4. The van der Waals surface area contributed by atoms with Crippen molar-refractivity contribution in [2.24, 2.45) is 23.7 Å². The van der Waals surface area contributed by atoms with Crippen LogP contribution in [-0.2, 0) is 0 Å². The average Bonchev–Trinajstić information content (AvgIpc) is 2.58. The molecular weight excluding hydrogens is 134 g/mol. The van der Waals surface area contributed by atoms with Crippen LogP contribution in [0.4, 0.5) is 8.78 Å². The van der Waals surface area contributed by atoms with E-state index in [1.807, 2.05) is 6.92 Å².